The summed E-state index contributed by atoms with van der Waals surface area (Å²) in [6, 6.07) is 20.2. The number of halogens is 2. The third kappa shape index (κ3) is 7.35. The first-order chi connectivity index (χ1) is 16.0. The number of benzene rings is 3. The lowest BCUT2D eigenvalue weighted by molar-refractivity contribution is -0.120. The molecule has 3 rings (SSSR count). The first-order valence-corrected chi connectivity index (χ1v) is 11.3. The molecule has 0 bridgehead atoms. The quantitative estimate of drug-likeness (QED) is 0.289. The Morgan fingerprint density at radius 3 is 2.67 bits per heavy atom. The zero-order chi connectivity index (χ0) is 23.6. The number of rotatable bonds is 9. The highest BCUT2D eigenvalue weighted by molar-refractivity contribution is 9.10. The predicted molar refractivity (Wildman–Crippen MR) is 132 cm³/mol. The van der Waals surface area contributed by atoms with Crippen LogP contribution in [0.3, 0.4) is 0 Å². The normalized spacial score (nSPS) is 10.6. The standard InChI is InChI=1S/C25H21BrClN3O3/c1-2-32-23-12-20(15-29-30-24(31)13-17-6-8-21(26)9-7-17)11-22(27)25(23)33-16-19-5-3-4-18(10-19)14-28/h3-12,15H,2,13,16H2,1H3,(H,30,31)/b29-15+. The fraction of sp³-hybridized carbons (Fsp3) is 0.160. The molecular formula is C25H21BrClN3O3. The van der Waals surface area contributed by atoms with Gasteiger partial charge in [-0.3, -0.25) is 4.79 Å². The van der Waals surface area contributed by atoms with E-state index in [9.17, 15) is 4.79 Å². The Labute approximate surface area is 205 Å². The summed E-state index contributed by atoms with van der Waals surface area (Å²) in [4.78, 5) is 12.1. The molecular weight excluding hydrogens is 506 g/mol. The highest BCUT2D eigenvalue weighted by atomic mass is 79.9. The Morgan fingerprint density at radius 1 is 1.15 bits per heavy atom. The molecule has 6 nitrogen and oxygen atoms in total. The van der Waals surface area contributed by atoms with E-state index in [1.807, 2.05) is 37.3 Å². The van der Waals surface area contributed by atoms with Crippen LogP contribution in [0.4, 0.5) is 0 Å². The van der Waals surface area contributed by atoms with Gasteiger partial charge in [0, 0.05) is 4.47 Å². The molecule has 0 aromatic heterocycles. The number of hydrogen-bond donors (Lipinski definition) is 1. The molecule has 3 aromatic carbocycles. The van der Waals surface area contributed by atoms with E-state index in [1.54, 1.807) is 30.3 Å². The van der Waals surface area contributed by atoms with Crippen LogP contribution >= 0.6 is 27.5 Å². The van der Waals surface area contributed by atoms with Gasteiger partial charge in [-0.05, 0) is 60.0 Å². The molecule has 0 spiro atoms. The number of hydrazone groups is 1. The number of nitriles is 1. The number of ether oxygens (including phenoxy) is 2. The van der Waals surface area contributed by atoms with E-state index < -0.39 is 0 Å². The highest BCUT2D eigenvalue weighted by Gasteiger charge is 2.13. The second-order valence-corrected chi connectivity index (χ2v) is 8.28. The fourth-order valence-corrected chi connectivity index (χ4v) is 3.50. The van der Waals surface area contributed by atoms with Crippen molar-refractivity contribution in [1.82, 2.24) is 5.43 Å². The third-order valence-corrected chi connectivity index (χ3v) is 5.26. The summed E-state index contributed by atoms with van der Waals surface area (Å²) in [5.41, 5.74) is 5.44. The minimum atomic E-state index is -0.232. The zero-order valence-corrected chi connectivity index (χ0v) is 20.2. The van der Waals surface area contributed by atoms with E-state index in [0.717, 1.165) is 15.6 Å². The van der Waals surface area contributed by atoms with Crippen molar-refractivity contribution in [3.63, 3.8) is 0 Å². The number of amides is 1. The Balaban J connectivity index is 1.67. The second-order valence-electron chi connectivity index (χ2n) is 6.96. The molecule has 0 aliphatic carbocycles. The van der Waals surface area contributed by atoms with E-state index in [0.29, 0.717) is 34.3 Å². The van der Waals surface area contributed by atoms with Gasteiger partial charge in [0.25, 0.3) is 0 Å². The summed E-state index contributed by atoms with van der Waals surface area (Å²) in [5, 5.41) is 13.4. The maximum absolute atomic E-state index is 12.1. The first-order valence-electron chi connectivity index (χ1n) is 10.1. The minimum absolute atomic E-state index is 0.218. The van der Waals surface area contributed by atoms with Crippen molar-refractivity contribution in [2.45, 2.75) is 20.0 Å². The van der Waals surface area contributed by atoms with Crippen molar-refractivity contribution in [2.75, 3.05) is 6.61 Å². The summed E-state index contributed by atoms with van der Waals surface area (Å²) < 4.78 is 12.5. The number of carbonyl (C=O) groups is 1. The first kappa shape index (κ1) is 24.3. The zero-order valence-electron chi connectivity index (χ0n) is 17.8. The lowest BCUT2D eigenvalue weighted by atomic mass is 10.1. The van der Waals surface area contributed by atoms with Gasteiger partial charge in [0.1, 0.15) is 6.61 Å². The lowest BCUT2D eigenvalue weighted by Gasteiger charge is -2.14. The van der Waals surface area contributed by atoms with Crippen molar-refractivity contribution >= 4 is 39.7 Å². The average molecular weight is 527 g/mol. The average Bonchev–Trinajstić information content (AvgIpc) is 2.80. The fourth-order valence-electron chi connectivity index (χ4n) is 2.96. The molecule has 0 saturated carbocycles. The van der Waals surface area contributed by atoms with Crippen LogP contribution in [0.5, 0.6) is 11.5 Å². The van der Waals surface area contributed by atoms with E-state index >= 15 is 0 Å². The van der Waals surface area contributed by atoms with E-state index in [1.165, 1.54) is 6.21 Å². The van der Waals surface area contributed by atoms with E-state index in [-0.39, 0.29) is 18.9 Å². The van der Waals surface area contributed by atoms with Crippen LogP contribution in [-0.2, 0) is 17.8 Å². The van der Waals surface area contributed by atoms with Crippen LogP contribution in [0.1, 0.15) is 29.2 Å². The maximum Gasteiger partial charge on any atom is 0.244 e. The molecule has 0 saturated heterocycles. The molecule has 8 heteroatoms. The number of hydrogen-bond acceptors (Lipinski definition) is 5. The molecule has 168 valence electrons. The maximum atomic E-state index is 12.1. The van der Waals surface area contributed by atoms with Gasteiger partial charge in [-0.15, -0.1) is 0 Å². The van der Waals surface area contributed by atoms with Crippen LogP contribution < -0.4 is 14.9 Å². The molecule has 0 unspecified atom stereocenters. The largest absolute Gasteiger partial charge is 0.490 e. The molecule has 1 amide bonds. The van der Waals surface area contributed by atoms with Gasteiger partial charge in [-0.1, -0.05) is 51.8 Å². The summed E-state index contributed by atoms with van der Waals surface area (Å²) in [7, 11) is 0. The van der Waals surface area contributed by atoms with Gasteiger partial charge in [0.05, 0.1) is 35.9 Å². The van der Waals surface area contributed by atoms with Crippen molar-refractivity contribution < 1.29 is 14.3 Å². The topological polar surface area (TPSA) is 83.7 Å². The number of nitrogens with zero attached hydrogens (tertiary/aromatic N) is 2. The third-order valence-electron chi connectivity index (χ3n) is 4.45. The molecule has 1 N–H and O–H groups in total. The highest BCUT2D eigenvalue weighted by Crippen LogP contribution is 2.37. The molecule has 0 atom stereocenters. The van der Waals surface area contributed by atoms with Gasteiger partial charge < -0.3 is 9.47 Å². The smallest absolute Gasteiger partial charge is 0.244 e. The monoisotopic (exact) mass is 525 g/mol. The molecule has 33 heavy (non-hydrogen) atoms. The summed E-state index contributed by atoms with van der Waals surface area (Å²) in [6.45, 7) is 2.51. The SMILES string of the molecule is CCOc1cc(/C=N/NC(=O)Cc2ccc(Br)cc2)cc(Cl)c1OCc1cccc(C#N)c1. The van der Waals surface area contributed by atoms with Crippen LogP contribution in [0.15, 0.2) is 70.2 Å². The summed E-state index contributed by atoms with van der Waals surface area (Å²) in [5.74, 6) is 0.630. The summed E-state index contributed by atoms with van der Waals surface area (Å²) in [6.07, 6.45) is 1.71. The van der Waals surface area contributed by atoms with Crippen molar-refractivity contribution in [3.05, 3.63) is 92.4 Å². The second kappa shape index (κ2) is 12.0. The molecule has 0 aliphatic rings. The molecule has 3 aromatic rings. The number of carbonyl (C=O) groups excluding carboxylic acids is 1. The molecule has 0 heterocycles. The Kier molecular flexibility index (Phi) is 8.87. The van der Waals surface area contributed by atoms with Crippen LogP contribution in [-0.4, -0.2) is 18.7 Å². The van der Waals surface area contributed by atoms with Gasteiger partial charge >= 0.3 is 0 Å². The molecule has 0 radical (unpaired) electrons. The van der Waals surface area contributed by atoms with E-state index in [2.05, 4.69) is 32.5 Å². The van der Waals surface area contributed by atoms with Gasteiger partial charge in [0.15, 0.2) is 11.5 Å². The van der Waals surface area contributed by atoms with Gasteiger partial charge in [-0.2, -0.15) is 10.4 Å². The molecule has 0 fully saturated rings. The summed E-state index contributed by atoms with van der Waals surface area (Å²) >= 11 is 9.82. The van der Waals surface area contributed by atoms with Crippen molar-refractivity contribution in [3.8, 4) is 17.6 Å². The lowest BCUT2D eigenvalue weighted by Crippen LogP contribution is -2.19. The van der Waals surface area contributed by atoms with Crippen molar-refractivity contribution in [1.29, 1.82) is 5.26 Å². The van der Waals surface area contributed by atoms with Gasteiger partial charge in [0.2, 0.25) is 5.91 Å². The Hall–Kier alpha value is -3.34. The predicted octanol–water partition coefficient (Wildman–Crippen LogP) is 5.64. The molecule has 0 aliphatic heterocycles. The van der Waals surface area contributed by atoms with E-state index in [4.69, 9.17) is 26.3 Å². The number of nitrogens with one attached hydrogen (secondary N) is 1. The van der Waals surface area contributed by atoms with Crippen molar-refractivity contribution in [2.24, 2.45) is 5.10 Å². The van der Waals surface area contributed by atoms with Gasteiger partial charge in [-0.25, -0.2) is 5.43 Å². The van der Waals surface area contributed by atoms with Crippen LogP contribution in [0, 0.1) is 11.3 Å². The Morgan fingerprint density at radius 2 is 1.94 bits per heavy atom. The Bertz CT molecular complexity index is 1190. The van der Waals surface area contributed by atoms with Crippen LogP contribution in [0.25, 0.3) is 0 Å². The van der Waals surface area contributed by atoms with Crippen LogP contribution in [0.2, 0.25) is 5.02 Å². The minimum Gasteiger partial charge on any atom is -0.490 e.